The summed E-state index contributed by atoms with van der Waals surface area (Å²) in [6, 6.07) is 0. The first-order valence-corrected chi connectivity index (χ1v) is 4.02. The highest BCUT2D eigenvalue weighted by Crippen LogP contribution is 2.27. The number of carbonyl (C=O) groups is 1. The van der Waals surface area contributed by atoms with Gasteiger partial charge in [0.25, 0.3) is 0 Å². The van der Waals surface area contributed by atoms with Crippen LogP contribution in [-0.4, -0.2) is 21.2 Å². The van der Waals surface area contributed by atoms with Crippen molar-refractivity contribution in [1.82, 2.24) is 9.97 Å². The fourth-order valence-electron chi connectivity index (χ4n) is 0.594. The van der Waals surface area contributed by atoms with Crippen LogP contribution in [0.1, 0.15) is 0 Å². The molecule has 2 N–H and O–H groups in total. The molecule has 1 rings (SSSR count). The molecule has 1 aromatic rings. The van der Waals surface area contributed by atoms with Crippen LogP contribution in [0, 0.1) is 0 Å². The van der Waals surface area contributed by atoms with Crippen molar-refractivity contribution >= 4 is 46.6 Å². The van der Waals surface area contributed by atoms with Crippen LogP contribution in [0.5, 0.6) is 0 Å². The first-order valence-electron chi connectivity index (χ1n) is 2.89. The lowest BCUT2D eigenvalue weighted by Gasteiger charge is -2.04. The lowest BCUT2D eigenvalue weighted by molar-refractivity contribution is 0.209. The predicted octanol–water partition coefficient (Wildman–Crippen LogP) is 2.53. The molecule has 0 aliphatic carbocycles. The molecular formula is C5H2Cl3N3O2. The van der Waals surface area contributed by atoms with Crippen LogP contribution < -0.4 is 5.32 Å². The maximum Gasteiger partial charge on any atom is 0.409 e. The van der Waals surface area contributed by atoms with E-state index in [4.69, 9.17) is 39.9 Å². The van der Waals surface area contributed by atoms with E-state index in [1.165, 1.54) is 0 Å². The van der Waals surface area contributed by atoms with Crippen molar-refractivity contribution in [2.24, 2.45) is 0 Å². The van der Waals surface area contributed by atoms with E-state index >= 15 is 0 Å². The van der Waals surface area contributed by atoms with Crippen molar-refractivity contribution in [1.29, 1.82) is 0 Å². The SMILES string of the molecule is O=C(O)Nc1c(Cl)nc(Cl)nc1Cl. The lowest BCUT2D eigenvalue weighted by atomic mass is 10.5. The molecule has 0 radical (unpaired) electrons. The summed E-state index contributed by atoms with van der Waals surface area (Å²) in [7, 11) is 0. The minimum Gasteiger partial charge on any atom is -0.465 e. The Morgan fingerprint density at radius 1 is 1.23 bits per heavy atom. The molecule has 0 atom stereocenters. The zero-order valence-corrected chi connectivity index (χ0v) is 8.15. The summed E-state index contributed by atoms with van der Waals surface area (Å²) in [5, 5.41) is 9.87. The second-order valence-electron chi connectivity index (χ2n) is 1.88. The Morgan fingerprint density at radius 2 is 1.69 bits per heavy atom. The van der Waals surface area contributed by atoms with Crippen molar-refractivity contribution in [2.45, 2.75) is 0 Å². The lowest BCUT2D eigenvalue weighted by Crippen LogP contribution is -2.09. The van der Waals surface area contributed by atoms with Gasteiger partial charge >= 0.3 is 6.09 Å². The van der Waals surface area contributed by atoms with Crippen molar-refractivity contribution in [3.05, 3.63) is 15.6 Å². The molecule has 0 aromatic carbocycles. The number of anilines is 1. The predicted molar refractivity (Wildman–Crippen MR) is 48.7 cm³/mol. The Bertz CT molecular complexity index is 334. The number of hydrogen-bond donors (Lipinski definition) is 2. The second-order valence-corrected chi connectivity index (χ2v) is 2.93. The summed E-state index contributed by atoms with van der Waals surface area (Å²) in [6.07, 6.45) is -1.31. The first kappa shape index (κ1) is 10.3. The molecule has 1 aromatic heterocycles. The maximum atomic E-state index is 10.2. The Balaban J connectivity index is 3.13. The van der Waals surface area contributed by atoms with Gasteiger partial charge in [-0.15, -0.1) is 0 Å². The third-order valence-electron chi connectivity index (χ3n) is 1.03. The number of nitrogens with zero attached hydrogens (tertiary/aromatic N) is 2. The van der Waals surface area contributed by atoms with Crippen LogP contribution in [0.15, 0.2) is 0 Å². The molecule has 0 bridgehead atoms. The van der Waals surface area contributed by atoms with E-state index in [1.807, 2.05) is 5.32 Å². The third-order valence-corrected chi connectivity index (χ3v) is 1.74. The molecule has 8 heteroatoms. The number of hydrogen-bond acceptors (Lipinski definition) is 3. The molecule has 0 saturated heterocycles. The summed E-state index contributed by atoms with van der Waals surface area (Å²) in [6.45, 7) is 0. The zero-order chi connectivity index (χ0) is 10.0. The standard InChI is InChI=1S/C5H2Cl3N3O2/c6-2-1(9-5(12)13)3(7)11-4(8)10-2/h9H,(H,12,13). The molecule has 1 heterocycles. The number of nitrogens with one attached hydrogen (secondary N) is 1. The van der Waals surface area contributed by atoms with E-state index in [9.17, 15) is 4.79 Å². The van der Waals surface area contributed by atoms with Crippen LogP contribution in [-0.2, 0) is 0 Å². The van der Waals surface area contributed by atoms with E-state index in [0.29, 0.717) is 0 Å². The maximum absolute atomic E-state index is 10.2. The Hall–Kier alpha value is -0.780. The zero-order valence-electron chi connectivity index (χ0n) is 5.88. The van der Waals surface area contributed by atoms with Gasteiger partial charge in [0.2, 0.25) is 5.28 Å². The van der Waals surface area contributed by atoms with E-state index < -0.39 is 6.09 Å². The molecule has 0 unspecified atom stereocenters. The highest BCUT2D eigenvalue weighted by atomic mass is 35.5. The van der Waals surface area contributed by atoms with E-state index in [1.54, 1.807) is 0 Å². The van der Waals surface area contributed by atoms with Gasteiger partial charge < -0.3 is 5.11 Å². The number of rotatable bonds is 1. The minimum atomic E-state index is -1.31. The molecule has 0 aliphatic rings. The summed E-state index contributed by atoms with van der Waals surface area (Å²) >= 11 is 16.5. The van der Waals surface area contributed by atoms with Crippen LogP contribution in [0.2, 0.25) is 15.6 Å². The summed E-state index contributed by atoms with van der Waals surface area (Å²) in [5.41, 5.74) is -0.0831. The van der Waals surface area contributed by atoms with E-state index in [2.05, 4.69) is 9.97 Å². The second kappa shape index (κ2) is 3.95. The highest BCUT2D eigenvalue weighted by molar-refractivity contribution is 6.39. The highest BCUT2D eigenvalue weighted by Gasteiger charge is 2.12. The number of halogens is 3. The van der Waals surface area contributed by atoms with Crippen LogP contribution in [0.4, 0.5) is 10.5 Å². The smallest absolute Gasteiger partial charge is 0.409 e. The quantitative estimate of drug-likeness (QED) is 0.586. The summed E-state index contributed by atoms with van der Waals surface area (Å²) in [4.78, 5) is 17.2. The van der Waals surface area contributed by atoms with Crippen LogP contribution in [0.25, 0.3) is 0 Å². The molecule has 0 fully saturated rings. The van der Waals surface area contributed by atoms with Crippen molar-refractivity contribution in [2.75, 3.05) is 5.32 Å². The molecule has 13 heavy (non-hydrogen) atoms. The Kier molecular flexibility index (Phi) is 3.13. The fraction of sp³-hybridized carbons (Fsp3) is 0. The molecule has 70 valence electrons. The molecule has 0 aliphatic heterocycles. The van der Waals surface area contributed by atoms with Crippen LogP contribution >= 0.6 is 34.8 Å². The topological polar surface area (TPSA) is 75.1 Å². The van der Waals surface area contributed by atoms with Crippen molar-refractivity contribution in [3.63, 3.8) is 0 Å². The summed E-state index contributed by atoms with van der Waals surface area (Å²) < 4.78 is 0. The third kappa shape index (κ3) is 2.58. The van der Waals surface area contributed by atoms with Gasteiger partial charge in [0.05, 0.1) is 0 Å². The molecule has 0 saturated carbocycles. The van der Waals surface area contributed by atoms with Gasteiger partial charge in [-0.25, -0.2) is 14.8 Å². The monoisotopic (exact) mass is 241 g/mol. The van der Waals surface area contributed by atoms with Gasteiger partial charge in [0.1, 0.15) is 5.69 Å². The number of aromatic nitrogens is 2. The minimum absolute atomic E-state index is 0.0831. The Labute approximate surface area is 87.7 Å². The molecule has 1 amide bonds. The van der Waals surface area contributed by atoms with Gasteiger partial charge in [-0.2, -0.15) is 0 Å². The number of amides is 1. The average Bonchev–Trinajstić information content (AvgIpc) is 1.96. The van der Waals surface area contributed by atoms with Gasteiger partial charge in [0.15, 0.2) is 10.3 Å². The largest absolute Gasteiger partial charge is 0.465 e. The first-order chi connectivity index (χ1) is 6.00. The van der Waals surface area contributed by atoms with Gasteiger partial charge in [-0.1, -0.05) is 23.2 Å². The molecule has 5 nitrogen and oxygen atoms in total. The molecular weight excluding hydrogens is 240 g/mol. The average molecular weight is 242 g/mol. The Morgan fingerprint density at radius 3 is 2.08 bits per heavy atom. The van der Waals surface area contributed by atoms with E-state index in [-0.39, 0.29) is 21.3 Å². The van der Waals surface area contributed by atoms with Gasteiger partial charge in [-0.3, -0.25) is 5.32 Å². The normalized spacial score (nSPS) is 9.77. The summed E-state index contributed by atoms with van der Waals surface area (Å²) in [5.74, 6) is 0. The van der Waals surface area contributed by atoms with Crippen LogP contribution in [0.3, 0.4) is 0 Å². The fourth-order valence-corrected chi connectivity index (χ4v) is 1.33. The van der Waals surface area contributed by atoms with Gasteiger partial charge in [0, 0.05) is 0 Å². The van der Waals surface area contributed by atoms with E-state index in [0.717, 1.165) is 0 Å². The molecule has 0 spiro atoms. The number of carboxylic acid groups (broad SMARTS) is 1. The van der Waals surface area contributed by atoms with Gasteiger partial charge in [-0.05, 0) is 11.6 Å². The van der Waals surface area contributed by atoms with Crippen molar-refractivity contribution in [3.8, 4) is 0 Å². The van der Waals surface area contributed by atoms with Crippen molar-refractivity contribution < 1.29 is 9.90 Å².